The first-order valence-corrected chi connectivity index (χ1v) is 7.47. The molecule has 2 atom stereocenters. The Balaban J connectivity index is 2.04. The Morgan fingerprint density at radius 3 is 2.90 bits per heavy atom. The number of rotatable bonds is 6. The van der Waals surface area contributed by atoms with Crippen LogP contribution in [0.5, 0.6) is 0 Å². The van der Waals surface area contributed by atoms with Crippen molar-refractivity contribution in [3.05, 3.63) is 29.6 Å². The summed E-state index contributed by atoms with van der Waals surface area (Å²) in [5.74, 6) is -0.159. The highest BCUT2D eigenvalue weighted by Crippen LogP contribution is 2.24. The number of hydrogen-bond acceptors (Lipinski definition) is 3. The largest absolute Gasteiger partial charge is 0.376 e. The Bertz CT molecular complexity index is 432. The molecule has 1 fully saturated rings. The number of likely N-dealkylation sites (N-methyl/N-ethyl adjacent to an activating group) is 1. The van der Waals surface area contributed by atoms with Gasteiger partial charge in [0.05, 0.1) is 11.8 Å². The number of nitrogens with one attached hydrogen (secondary N) is 1. The minimum Gasteiger partial charge on any atom is -0.376 e. The zero-order chi connectivity index (χ0) is 14.5. The van der Waals surface area contributed by atoms with Crippen molar-refractivity contribution in [1.82, 2.24) is 5.32 Å². The van der Waals surface area contributed by atoms with Crippen molar-refractivity contribution >= 4 is 5.69 Å². The molecule has 0 aliphatic carbocycles. The van der Waals surface area contributed by atoms with Gasteiger partial charge in [-0.3, -0.25) is 0 Å². The van der Waals surface area contributed by atoms with Crippen LogP contribution in [0, 0.1) is 5.82 Å². The van der Waals surface area contributed by atoms with Crippen molar-refractivity contribution in [3.63, 3.8) is 0 Å². The lowest BCUT2D eigenvalue weighted by Crippen LogP contribution is -2.29. The van der Waals surface area contributed by atoms with Crippen LogP contribution in [0.15, 0.2) is 18.2 Å². The monoisotopic (exact) mass is 280 g/mol. The van der Waals surface area contributed by atoms with Crippen molar-refractivity contribution < 1.29 is 9.13 Å². The fraction of sp³-hybridized carbons (Fsp3) is 0.625. The lowest BCUT2D eigenvalue weighted by Gasteiger charge is -2.24. The molecule has 1 saturated heterocycles. The summed E-state index contributed by atoms with van der Waals surface area (Å²) in [4.78, 5) is 1.95. The van der Waals surface area contributed by atoms with Crippen molar-refractivity contribution in [2.24, 2.45) is 0 Å². The van der Waals surface area contributed by atoms with Crippen LogP contribution in [0.25, 0.3) is 0 Å². The van der Waals surface area contributed by atoms with E-state index >= 15 is 0 Å². The Hall–Kier alpha value is -1.13. The summed E-state index contributed by atoms with van der Waals surface area (Å²) in [6, 6.07) is 5.67. The second kappa shape index (κ2) is 7.04. The molecule has 0 saturated carbocycles. The number of anilines is 1. The van der Waals surface area contributed by atoms with Crippen molar-refractivity contribution in [3.8, 4) is 0 Å². The molecule has 2 rings (SSSR count). The molecule has 0 amide bonds. The summed E-state index contributed by atoms with van der Waals surface area (Å²) < 4.78 is 19.9. The van der Waals surface area contributed by atoms with E-state index in [0.717, 1.165) is 38.1 Å². The molecule has 1 aliphatic rings. The van der Waals surface area contributed by atoms with Crippen LogP contribution in [-0.2, 0) is 4.74 Å². The van der Waals surface area contributed by atoms with E-state index < -0.39 is 0 Å². The summed E-state index contributed by atoms with van der Waals surface area (Å²) in [6.07, 6.45) is 2.42. The van der Waals surface area contributed by atoms with Gasteiger partial charge in [0.25, 0.3) is 0 Å². The van der Waals surface area contributed by atoms with Crippen LogP contribution >= 0.6 is 0 Å². The molecule has 1 aromatic carbocycles. The van der Waals surface area contributed by atoms with Gasteiger partial charge in [-0.2, -0.15) is 0 Å². The molecular weight excluding hydrogens is 255 g/mol. The molecule has 1 aromatic rings. The molecule has 0 radical (unpaired) electrons. The smallest absolute Gasteiger partial charge is 0.146 e. The van der Waals surface area contributed by atoms with E-state index in [9.17, 15) is 4.39 Å². The van der Waals surface area contributed by atoms with Gasteiger partial charge in [0, 0.05) is 26.2 Å². The maximum atomic E-state index is 14.3. The van der Waals surface area contributed by atoms with Crippen LogP contribution in [0.4, 0.5) is 10.1 Å². The molecule has 0 bridgehead atoms. The maximum absolute atomic E-state index is 14.3. The normalized spacial score (nSPS) is 20.1. The molecule has 0 spiro atoms. The van der Waals surface area contributed by atoms with Gasteiger partial charge in [-0.1, -0.05) is 13.0 Å². The molecular formula is C16H25FN2O. The van der Waals surface area contributed by atoms with Gasteiger partial charge in [-0.05, 0) is 44.0 Å². The van der Waals surface area contributed by atoms with Gasteiger partial charge in [0.2, 0.25) is 0 Å². The molecule has 20 heavy (non-hydrogen) atoms. The van der Waals surface area contributed by atoms with Crippen LogP contribution < -0.4 is 10.2 Å². The zero-order valence-corrected chi connectivity index (χ0v) is 12.7. The third-order valence-electron chi connectivity index (χ3n) is 3.89. The number of hydrogen-bond donors (Lipinski definition) is 1. The summed E-state index contributed by atoms with van der Waals surface area (Å²) >= 11 is 0. The van der Waals surface area contributed by atoms with E-state index in [4.69, 9.17) is 4.74 Å². The average Bonchev–Trinajstić information content (AvgIpc) is 2.91. The molecule has 1 heterocycles. The third kappa shape index (κ3) is 3.70. The zero-order valence-electron chi connectivity index (χ0n) is 12.7. The first kappa shape index (κ1) is 15.3. The highest BCUT2D eigenvalue weighted by Gasteiger charge is 2.19. The summed E-state index contributed by atoms with van der Waals surface area (Å²) in [7, 11) is 1.92. The summed E-state index contributed by atoms with van der Waals surface area (Å²) in [5.41, 5.74) is 1.63. The summed E-state index contributed by atoms with van der Waals surface area (Å²) in [6.45, 7) is 6.56. The van der Waals surface area contributed by atoms with Gasteiger partial charge in [0.1, 0.15) is 5.82 Å². The minimum absolute atomic E-state index is 0.159. The van der Waals surface area contributed by atoms with E-state index in [0.29, 0.717) is 5.69 Å². The molecule has 3 nitrogen and oxygen atoms in total. The fourth-order valence-electron chi connectivity index (χ4n) is 2.72. The van der Waals surface area contributed by atoms with E-state index in [1.54, 1.807) is 6.07 Å². The van der Waals surface area contributed by atoms with Crippen molar-refractivity contribution in [2.45, 2.75) is 38.8 Å². The SMILES string of the molecule is CCNC(C)c1ccc(N(C)CC2CCCO2)c(F)c1. The Kier molecular flexibility index (Phi) is 5.38. The summed E-state index contributed by atoms with van der Waals surface area (Å²) in [5, 5.41) is 3.30. The topological polar surface area (TPSA) is 24.5 Å². The van der Waals surface area contributed by atoms with E-state index in [1.807, 2.05) is 31.0 Å². The van der Waals surface area contributed by atoms with E-state index in [2.05, 4.69) is 12.2 Å². The molecule has 0 aromatic heterocycles. The lowest BCUT2D eigenvalue weighted by molar-refractivity contribution is 0.116. The Morgan fingerprint density at radius 1 is 1.50 bits per heavy atom. The first-order chi connectivity index (χ1) is 9.61. The second-order valence-electron chi connectivity index (χ2n) is 5.51. The minimum atomic E-state index is -0.159. The van der Waals surface area contributed by atoms with Crippen molar-refractivity contribution in [1.29, 1.82) is 0 Å². The highest BCUT2D eigenvalue weighted by molar-refractivity contribution is 5.49. The predicted molar refractivity (Wildman–Crippen MR) is 80.7 cm³/mol. The molecule has 4 heteroatoms. The maximum Gasteiger partial charge on any atom is 0.146 e. The standard InChI is InChI=1S/C16H25FN2O/c1-4-18-12(2)13-7-8-16(15(17)10-13)19(3)11-14-6-5-9-20-14/h7-8,10,12,14,18H,4-6,9,11H2,1-3H3. The van der Waals surface area contributed by atoms with E-state index in [-0.39, 0.29) is 18.0 Å². The third-order valence-corrected chi connectivity index (χ3v) is 3.89. The van der Waals surface area contributed by atoms with Crippen LogP contribution in [0.3, 0.4) is 0 Å². The number of benzene rings is 1. The molecule has 112 valence electrons. The number of nitrogens with zero attached hydrogens (tertiary/aromatic N) is 1. The lowest BCUT2D eigenvalue weighted by atomic mass is 10.1. The highest BCUT2D eigenvalue weighted by atomic mass is 19.1. The molecule has 2 unspecified atom stereocenters. The Labute approximate surface area is 121 Å². The quantitative estimate of drug-likeness (QED) is 0.866. The van der Waals surface area contributed by atoms with Gasteiger partial charge in [-0.15, -0.1) is 0 Å². The van der Waals surface area contributed by atoms with Crippen LogP contribution in [-0.4, -0.2) is 32.8 Å². The first-order valence-electron chi connectivity index (χ1n) is 7.47. The van der Waals surface area contributed by atoms with Gasteiger partial charge in [-0.25, -0.2) is 4.39 Å². The van der Waals surface area contributed by atoms with E-state index in [1.165, 1.54) is 0 Å². The molecule has 1 N–H and O–H groups in total. The average molecular weight is 280 g/mol. The predicted octanol–water partition coefficient (Wildman–Crippen LogP) is 3.11. The van der Waals surface area contributed by atoms with Crippen LogP contribution in [0.2, 0.25) is 0 Å². The number of ether oxygens (including phenoxy) is 1. The molecule has 1 aliphatic heterocycles. The van der Waals surface area contributed by atoms with Crippen molar-refractivity contribution in [2.75, 3.05) is 31.6 Å². The Morgan fingerprint density at radius 2 is 2.30 bits per heavy atom. The van der Waals surface area contributed by atoms with Gasteiger partial charge in [0.15, 0.2) is 0 Å². The fourth-order valence-corrected chi connectivity index (χ4v) is 2.72. The van der Waals surface area contributed by atoms with Gasteiger partial charge < -0.3 is 15.0 Å². The van der Waals surface area contributed by atoms with Crippen LogP contribution in [0.1, 0.15) is 38.3 Å². The van der Waals surface area contributed by atoms with Gasteiger partial charge >= 0.3 is 0 Å². The number of halogens is 1. The second-order valence-corrected chi connectivity index (χ2v) is 5.51.